The Kier molecular flexibility index (Phi) is 5.95. The molecule has 0 saturated carbocycles. The molecule has 1 atom stereocenters. The minimum atomic E-state index is -0.139. The molecule has 0 aliphatic heterocycles. The van der Waals surface area contributed by atoms with E-state index < -0.39 is 0 Å². The third-order valence-electron chi connectivity index (χ3n) is 3.79. The second-order valence-electron chi connectivity index (χ2n) is 5.45. The number of halogens is 2. The molecule has 1 N–H and O–H groups in total. The lowest BCUT2D eigenvalue weighted by atomic mass is 9.98. The minimum Gasteiger partial charge on any atom is -0.317 e. The standard InChI is InChI=1S/C18H21BrFN/c1-13-3-5-14(6-4-13)7-10-17(21-2)11-15-8-9-16(19)12-18(15)20/h3-6,8-9,12,17,21H,7,10-11H2,1-2H3. The number of hydrogen-bond donors (Lipinski definition) is 1. The van der Waals surface area contributed by atoms with Gasteiger partial charge in [0, 0.05) is 10.5 Å². The maximum Gasteiger partial charge on any atom is 0.127 e. The monoisotopic (exact) mass is 349 g/mol. The van der Waals surface area contributed by atoms with E-state index in [0.29, 0.717) is 6.42 Å². The molecule has 2 aromatic carbocycles. The molecule has 2 rings (SSSR count). The number of aryl methyl sites for hydroxylation is 2. The fourth-order valence-corrected chi connectivity index (χ4v) is 2.73. The highest BCUT2D eigenvalue weighted by Gasteiger charge is 2.11. The van der Waals surface area contributed by atoms with Crippen LogP contribution < -0.4 is 5.32 Å². The molecule has 0 bridgehead atoms. The molecular weight excluding hydrogens is 329 g/mol. The molecular formula is C18H21BrFN. The van der Waals surface area contributed by atoms with Crippen molar-refractivity contribution in [3.8, 4) is 0 Å². The van der Waals surface area contributed by atoms with E-state index in [0.717, 1.165) is 22.9 Å². The van der Waals surface area contributed by atoms with Crippen molar-refractivity contribution in [2.75, 3.05) is 7.05 Å². The molecule has 1 unspecified atom stereocenters. The highest BCUT2D eigenvalue weighted by atomic mass is 79.9. The van der Waals surface area contributed by atoms with Crippen LogP contribution in [0.15, 0.2) is 46.9 Å². The highest BCUT2D eigenvalue weighted by Crippen LogP contribution is 2.18. The average molecular weight is 350 g/mol. The Morgan fingerprint density at radius 3 is 2.48 bits per heavy atom. The zero-order valence-corrected chi connectivity index (χ0v) is 14.1. The lowest BCUT2D eigenvalue weighted by Gasteiger charge is -2.17. The van der Waals surface area contributed by atoms with Gasteiger partial charge in [-0.25, -0.2) is 4.39 Å². The first-order valence-corrected chi connectivity index (χ1v) is 8.04. The van der Waals surface area contributed by atoms with E-state index in [-0.39, 0.29) is 11.9 Å². The molecule has 3 heteroatoms. The molecule has 1 nitrogen and oxygen atoms in total. The van der Waals surface area contributed by atoms with Crippen LogP contribution in [0.3, 0.4) is 0 Å². The van der Waals surface area contributed by atoms with Gasteiger partial charge in [0.2, 0.25) is 0 Å². The van der Waals surface area contributed by atoms with Gasteiger partial charge in [0.05, 0.1) is 0 Å². The fourth-order valence-electron chi connectivity index (χ4n) is 2.40. The van der Waals surface area contributed by atoms with E-state index in [4.69, 9.17) is 0 Å². The number of rotatable bonds is 6. The van der Waals surface area contributed by atoms with E-state index in [9.17, 15) is 4.39 Å². The molecule has 0 radical (unpaired) electrons. The largest absolute Gasteiger partial charge is 0.317 e. The van der Waals surface area contributed by atoms with Crippen molar-refractivity contribution in [2.24, 2.45) is 0 Å². The molecule has 0 amide bonds. The first-order chi connectivity index (χ1) is 10.1. The molecule has 0 aromatic heterocycles. The van der Waals surface area contributed by atoms with Gasteiger partial charge in [0.15, 0.2) is 0 Å². The van der Waals surface area contributed by atoms with Crippen molar-refractivity contribution in [2.45, 2.75) is 32.2 Å². The molecule has 0 spiro atoms. The van der Waals surface area contributed by atoms with Crippen LogP contribution in [-0.4, -0.2) is 13.1 Å². The second-order valence-corrected chi connectivity index (χ2v) is 6.37. The predicted octanol–water partition coefficient (Wildman–Crippen LogP) is 4.66. The van der Waals surface area contributed by atoms with Gasteiger partial charge in [0.1, 0.15) is 5.82 Å². The van der Waals surface area contributed by atoms with Gasteiger partial charge in [-0.05, 0) is 56.5 Å². The van der Waals surface area contributed by atoms with Gasteiger partial charge in [-0.15, -0.1) is 0 Å². The zero-order chi connectivity index (χ0) is 15.2. The van der Waals surface area contributed by atoms with E-state index in [1.54, 1.807) is 0 Å². The van der Waals surface area contributed by atoms with Crippen LogP contribution in [0, 0.1) is 12.7 Å². The summed E-state index contributed by atoms with van der Waals surface area (Å²) in [5.41, 5.74) is 3.37. The van der Waals surface area contributed by atoms with Crippen molar-refractivity contribution in [3.05, 3.63) is 69.4 Å². The summed E-state index contributed by atoms with van der Waals surface area (Å²) >= 11 is 3.29. The molecule has 0 fully saturated rings. The molecule has 0 heterocycles. The van der Waals surface area contributed by atoms with E-state index in [1.165, 1.54) is 17.2 Å². The summed E-state index contributed by atoms with van der Waals surface area (Å²) < 4.78 is 14.7. The summed E-state index contributed by atoms with van der Waals surface area (Å²) in [6, 6.07) is 14.2. The summed E-state index contributed by atoms with van der Waals surface area (Å²) in [5, 5.41) is 3.30. The van der Waals surface area contributed by atoms with Crippen LogP contribution in [0.4, 0.5) is 4.39 Å². The molecule has 0 saturated heterocycles. The lowest BCUT2D eigenvalue weighted by Crippen LogP contribution is -2.28. The van der Waals surface area contributed by atoms with Crippen molar-refractivity contribution < 1.29 is 4.39 Å². The first kappa shape index (κ1) is 16.2. The highest BCUT2D eigenvalue weighted by molar-refractivity contribution is 9.10. The van der Waals surface area contributed by atoms with Crippen LogP contribution in [0.2, 0.25) is 0 Å². The van der Waals surface area contributed by atoms with Crippen LogP contribution >= 0.6 is 15.9 Å². The molecule has 21 heavy (non-hydrogen) atoms. The summed E-state index contributed by atoms with van der Waals surface area (Å²) in [6.45, 7) is 2.09. The first-order valence-electron chi connectivity index (χ1n) is 7.25. The van der Waals surface area contributed by atoms with Gasteiger partial charge in [0.25, 0.3) is 0 Å². The smallest absolute Gasteiger partial charge is 0.127 e. The predicted molar refractivity (Wildman–Crippen MR) is 90.2 cm³/mol. The lowest BCUT2D eigenvalue weighted by molar-refractivity contribution is 0.504. The minimum absolute atomic E-state index is 0.139. The van der Waals surface area contributed by atoms with Gasteiger partial charge in [-0.2, -0.15) is 0 Å². The number of hydrogen-bond acceptors (Lipinski definition) is 1. The topological polar surface area (TPSA) is 12.0 Å². The Labute approximate surface area is 134 Å². The summed E-state index contributed by atoms with van der Waals surface area (Å²) in [4.78, 5) is 0. The third kappa shape index (κ3) is 4.94. The van der Waals surface area contributed by atoms with Crippen molar-refractivity contribution in [1.29, 1.82) is 0 Å². The van der Waals surface area contributed by atoms with Crippen LogP contribution in [0.25, 0.3) is 0 Å². The second kappa shape index (κ2) is 7.71. The Bertz CT molecular complexity index is 580. The number of likely N-dealkylation sites (N-methyl/N-ethyl adjacent to an activating group) is 1. The number of benzene rings is 2. The van der Waals surface area contributed by atoms with E-state index in [1.807, 2.05) is 19.2 Å². The van der Waals surface area contributed by atoms with Crippen LogP contribution in [0.1, 0.15) is 23.1 Å². The molecule has 112 valence electrons. The van der Waals surface area contributed by atoms with Crippen LogP contribution in [-0.2, 0) is 12.8 Å². The third-order valence-corrected chi connectivity index (χ3v) is 4.29. The maximum atomic E-state index is 13.9. The van der Waals surface area contributed by atoms with E-state index >= 15 is 0 Å². The Morgan fingerprint density at radius 1 is 1.14 bits per heavy atom. The Balaban J connectivity index is 1.95. The average Bonchev–Trinajstić information content (AvgIpc) is 2.47. The van der Waals surface area contributed by atoms with Crippen molar-refractivity contribution >= 4 is 15.9 Å². The quantitative estimate of drug-likeness (QED) is 0.799. The van der Waals surface area contributed by atoms with Crippen molar-refractivity contribution in [1.82, 2.24) is 5.32 Å². The SMILES string of the molecule is CNC(CCc1ccc(C)cc1)Cc1ccc(Br)cc1F. The number of nitrogens with one attached hydrogen (secondary N) is 1. The van der Waals surface area contributed by atoms with E-state index in [2.05, 4.69) is 52.4 Å². The zero-order valence-electron chi connectivity index (χ0n) is 12.5. The summed E-state index contributed by atoms with van der Waals surface area (Å²) in [6.07, 6.45) is 2.71. The molecule has 2 aromatic rings. The maximum absolute atomic E-state index is 13.9. The summed E-state index contributed by atoms with van der Waals surface area (Å²) in [5.74, 6) is -0.139. The Morgan fingerprint density at radius 2 is 1.86 bits per heavy atom. The summed E-state index contributed by atoms with van der Waals surface area (Å²) in [7, 11) is 1.94. The van der Waals surface area contributed by atoms with Gasteiger partial charge in [-0.1, -0.05) is 51.8 Å². The van der Waals surface area contributed by atoms with Crippen LogP contribution in [0.5, 0.6) is 0 Å². The normalized spacial score (nSPS) is 12.4. The Hall–Kier alpha value is -1.19. The van der Waals surface area contributed by atoms with Gasteiger partial charge < -0.3 is 5.32 Å². The van der Waals surface area contributed by atoms with Crippen molar-refractivity contribution in [3.63, 3.8) is 0 Å². The molecule has 0 aliphatic carbocycles. The van der Waals surface area contributed by atoms with Gasteiger partial charge >= 0.3 is 0 Å². The van der Waals surface area contributed by atoms with Gasteiger partial charge in [-0.3, -0.25) is 0 Å². The molecule has 0 aliphatic rings. The fraction of sp³-hybridized carbons (Fsp3) is 0.333.